The van der Waals surface area contributed by atoms with Gasteiger partial charge in [-0.25, -0.2) is 4.98 Å². The van der Waals surface area contributed by atoms with E-state index in [0.29, 0.717) is 13.2 Å². The molecule has 1 N–H and O–H groups in total. The van der Waals surface area contributed by atoms with Gasteiger partial charge in [0.15, 0.2) is 5.82 Å². The van der Waals surface area contributed by atoms with Crippen LogP contribution in [0.5, 0.6) is 5.75 Å². The Morgan fingerprint density at radius 2 is 1.95 bits per heavy atom. The standard InChI is InChI=1S/C13H16Br2N4O/c1-3-20-13-10(14)4-9(5-11(13)15)6-16-7-12-17-8-19(2)18-12/h4-5,8,16H,3,6-7H2,1-2H3. The van der Waals surface area contributed by atoms with Crippen molar-refractivity contribution in [2.24, 2.45) is 7.05 Å². The van der Waals surface area contributed by atoms with E-state index < -0.39 is 0 Å². The van der Waals surface area contributed by atoms with Gasteiger partial charge in [0.05, 0.1) is 22.1 Å². The van der Waals surface area contributed by atoms with E-state index in [1.54, 1.807) is 11.0 Å². The van der Waals surface area contributed by atoms with Crippen LogP contribution in [-0.4, -0.2) is 21.4 Å². The van der Waals surface area contributed by atoms with Gasteiger partial charge in [0.2, 0.25) is 0 Å². The second-order valence-corrected chi connectivity index (χ2v) is 5.97. The van der Waals surface area contributed by atoms with Crippen molar-refractivity contribution >= 4 is 31.9 Å². The van der Waals surface area contributed by atoms with Gasteiger partial charge in [-0.3, -0.25) is 4.68 Å². The summed E-state index contributed by atoms with van der Waals surface area (Å²) in [6.45, 7) is 3.99. The van der Waals surface area contributed by atoms with Gasteiger partial charge < -0.3 is 10.1 Å². The van der Waals surface area contributed by atoms with Crippen molar-refractivity contribution in [2.75, 3.05) is 6.61 Å². The van der Waals surface area contributed by atoms with Crippen molar-refractivity contribution in [3.05, 3.63) is 38.8 Å². The molecule has 20 heavy (non-hydrogen) atoms. The highest BCUT2D eigenvalue weighted by Crippen LogP contribution is 2.34. The first-order chi connectivity index (χ1) is 9.60. The minimum Gasteiger partial charge on any atom is -0.492 e. The molecule has 1 heterocycles. The third kappa shape index (κ3) is 4.04. The molecule has 5 nitrogen and oxygen atoms in total. The summed E-state index contributed by atoms with van der Waals surface area (Å²) in [6, 6.07) is 4.10. The first-order valence-corrected chi connectivity index (χ1v) is 7.84. The monoisotopic (exact) mass is 402 g/mol. The summed E-state index contributed by atoms with van der Waals surface area (Å²) in [5, 5.41) is 7.54. The van der Waals surface area contributed by atoms with Gasteiger partial charge in [0, 0.05) is 13.6 Å². The molecule has 2 rings (SSSR count). The molecule has 0 atom stereocenters. The molecular weight excluding hydrogens is 388 g/mol. The topological polar surface area (TPSA) is 52.0 Å². The van der Waals surface area contributed by atoms with Gasteiger partial charge in [-0.1, -0.05) is 0 Å². The van der Waals surface area contributed by atoms with E-state index in [4.69, 9.17) is 4.74 Å². The summed E-state index contributed by atoms with van der Waals surface area (Å²) in [4.78, 5) is 4.17. The molecule has 0 saturated heterocycles. The fourth-order valence-corrected chi connectivity index (χ4v) is 3.29. The third-order valence-electron chi connectivity index (χ3n) is 2.61. The molecule has 0 spiro atoms. The third-order valence-corrected chi connectivity index (χ3v) is 3.78. The summed E-state index contributed by atoms with van der Waals surface area (Å²) < 4.78 is 9.15. The molecule has 0 amide bonds. The van der Waals surface area contributed by atoms with E-state index in [9.17, 15) is 0 Å². The van der Waals surface area contributed by atoms with E-state index in [2.05, 4.69) is 59.4 Å². The molecule has 0 bridgehead atoms. The fourth-order valence-electron chi connectivity index (χ4n) is 1.78. The zero-order chi connectivity index (χ0) is 14.5. The maximum atomic E-state index is 5.56. The predicted octanol–water partition coefficient (Wildman–Crippen LogP) is 3.03. The quantitative estimate of drug-likeness (QED) is 0.805. The Kier molecular flexibility index (Phi) is 5.56. The normalized spacial score (nSPS) is 10.8. The fraction of sp³-hybridized carbons (Fsp3) is 0.385. The van der Waals surface area contributed by atoms with Gasteiger partial charge in [-0.15, -0.1) is 0 Å². The molecule has 7 heteroatoms. The summed E-state index contributed by atoms with van der Waals surface area (Å²) in [6.07, 6.45) is 1.70. The molecule has 0 aliphatic heterocycles. The Hall–Kier alpha value is -0.920. The van der Waals surface area contributed by atoms with Crippen molar-refractivity contribution in [1.29, 1.82) is 0 Å². The maximum Gasteiger partial charge on any atom is 0.164 e. The SMILES string of the molecule is CCOc1c(Br)cc(CNCc2ncn(C)n2)cc1Br. The van der Waals surface area contributed by atoms with Crippen LogP contribution >= 0.6 is 31.9 Å². The lowest BCUT2D eigenvalue weighted by atomic mass is 10.2. The Bertz CT molecular complexity index is 562. The number of nitrogens with zero attached hydrogens (tertiary/aromatic N) is 3. The molecule has 0 fully saturated rings. The molecule has 2 aromatic rings. The van der Waals surface area contributed by atoms with Crippen molar-refractivity contribution in [3.63, 3.8) is 0 Å². The number of nitrogens with one attached hydrogen (secondary N) is 1. The average molecular weight is 404 g/mol. The molecule has 108 valence electrons. The van der Waals surface area contributed by atoms with Crippen LogP contribution in [-0.2, 0) is 20.1 Å². The molecule has 1 aromatic carbocycles. The molecule has 0 radical (unpaired) electrons. The van der Waals surface area contributed by atoms with Gasteiger partial charge in [-0.05, 0) is 56.5 Å². The van der Waals surface area contributed by atoms with E-state index in [1.807, 2.05) is 14.0 Å². The summed E-state index contributed by atoms with van der Waals surface area (Å²) >= 11 is 7.06. The van der Waals surface area contributed by atoms with Gasteiger partial charge in [-0.2, -0.15) is 5.10 Å². The minimum atomic E-state index is 0.639. The van der Waals surface area contributed by atoms with Crippen LogP contribution in [0.2, 0.25) is 0 Å². The number of hydrogen-bond donors (Lipinski definition) is 1. The molecule has 0 saturated carbocycles. The molecular formula is C13H16Br2N4O. The van der Waals surface area contributed by atoms with E-state index in [0.717, 1.165) is 32.6 Å². The van der Waals surface area contributed by atoms with Crippen molar-refractivity contribution in [1.82, 2.24) is 20.1 Å². The highest BCUT2D eigenvalue weighted by Gasteiger charge is 2.08. The number of benzene rings is 1. The van der Waals surface area contributed by atoms with Gasteiger partial charge in [0.25, 0.3) is 0 Å². The number of rotatable bonds is 6. The van der Waals surface area contributed by atoms with Crippen molar-refractivity contribution < 1.29 is 4.74 Å². The molecule has 1 aromatic heterocycles. The molecule has 0 aliphatic carbocycles. The number of hydrogen-bond acceptors (Lipinski definition) is 4. The number of aryl methyl sites for hydroxylation is 1. The zero-order valence-electron chi connectivity index (χ0n) is 11.4. The second-order valence-electron chi connectivity index (χ2n) is 4.26. The molecule has 0 unspecified atom stereocenters. The van der Waals surface area contributed by atoms with E-state index in [1.165, 1.54) is 0 Å². The van der Waals surface area contributed by atoms with Crippen LogP contribution in [0.25, 0.3) is 0 Å². The minimum absolute atomic E-state index is 0.639. The van der Waals surface area contributed by atoms with Crippen molar-refractivity contribution in [3.8, 4) is 5.75 Å². The highest BCUT2D eigenvalue weighted by molar-refractivity contribution is 9.11. The Labute approximate surface area is 135 Å². The first-order valence-electron chi connectivity index (χ1n) is 6.26. The van der Waals surface area contributed by atoms with Crippen LogP contribution in [0.4, 0.5) is 0 Å². The lowest BCUT2D eigenvalue weighted by Gasteiger charge is -2.11. The van der Waals surface area contributed by atoms with Crippen LogP contribution in [0, 0.1) is 0 Å². The number of ether oxygens (including phenoxy) is 1. The first kappa shape index (κ1) is 15.5. The highest BCUT2D eigenvalue weighted by atomic mass is 79.9. The lowest BCUT2D eigenvalue weighted by molar-refractivity contribution is 0.336. The Morgan fingerprint density at radius 3 is 2.50 bits per heavy atom. The van der Waals surface area contributed by atoms with Crippen LogP contribution in [0.1, 0.15) is 18.3 Å². The van der Waals surface area contributed by atoms with Crippen molar-refractivity contribution in [2.45, 2.75) is 20.0 Å². The van der Waals surface area contributed by atoms with E-state index in [-0.39, 0.29) is 0 Å². The van der Waals surface area contributed by atoms with Gasteiger partial charge in [0.1, 0.15) is 12.1 Å². The smallest absolute Gasteiger partial charge is 0.164 e. The number of aromatic nitrogens is 3. The summed E-state index contributed by atoms with van der Waals surface area (Å²) in [7, 11) is 1.86. The molecule has 0 aliphatic rings. The van der Waals surface area contributed by atoms with Crippen LogP contribution < -0.4 is 10.1 Å². The maximum absolute atomic E-state index is 5.56. The lowest BCUT2D eigenvalue weighted by Crippen LogP contribution is -2.14. The summed E-state index contributed by atoms with van der Waals surface area (Å²) in [5.41, 5.74) is 1.16. The Balaban J connectivity index is 1.96. The van der Waals surface area contributed by atoms with E-state index >= 15 is 0 Å². The van der Waals surface area contributed by atoms with Crippen LogP contribution in [0.15, 0.2) is 27.4 Å². The predicted molar refractivity (Wildman–Crippen MR) is 84.6 cm³/mol. The zero-order valence-corrected chi connectivity index (χ0v) is 14.5. The largest absolute Gasteiger partial charge is 0.492 e. The second kappa shape index (κ2) is 7.19. The Morgan fingerprint density at radius 1 is 1.25 bits per heavy atom. The number of halogens is 2. The average Bonchev–Trinajstić information content (AvgIpc) is 2.80. The van der Waals surface area contributed by atoms with Gasteiger partial charge >= 0.3 is 0 Å². The summed E-state index contributed by atoms with van der Waals surface area (Å²) in [5.74, 6) is 1.62. The van der Waals surface area contributed by atoms with Crippen LogP contribution in [0.3, 0.4) is 0 Å².